The molecule has 0 aliphatic heterocycles. The van der Waals surface area contributed by atoms with E-state index >= 15 is 0 Å². The second-order valence-electron chi connectivity index (χ2n) is 6.25. The Labute approximate surface area is 127 Å². The average molecular weight is 316 g/mol. The van der Waals surface area contributed by atoms with Crippen molar-refractivity contribution in [1.82, 2.24) is 10.0 Å². The largest absolute Gasteiger partial charge is 0.316 e. The quantitative estimate of drug-likeness (QED) is 0.812. The Kier molecular flexibility index (Phi) is 5.90. The second kappa shape index (κ2) is 6.85. The predicted molar refractivity (Wildman–Crippen MR) is 83.0 cm³/mol. The van der Waals surface area contributed by atoms with Gasteiger partial charge in [-0.1, -0.05) is 27.7 Å². The summed E-state index contributed by atoms with van der Waals surface area (Å²) in [4.78, 5) is 0.0914. The van der Waals surface area contributed by atoms with Crippen LogP contribution in [0.1, 0.15) is 33.3 Å². The minimum Gasteiger partial charge on any atom is -0.316 e. The Morgan fingerprint density at radius 1 is 1.29 bits per heavy atom. The first kappa shape index (κ1) is 18.1. The molecular weight excluding hydrogens is 291 g/mol. The summed E-state index contributed by atoms with van der Waals surface area (Å²) in [6.45, 7) is 8.75. The van der Waals surface area contributed by atoms with Crippen molar-refractivity contribution in [3.05, 3.63) is 29.6 Å². The highest BCUT2D eigenvalue weighted by atomic mass is 32.2. The Balaban J connectivity index is 2.96. The van der Waals surface area contributed by atoms with Gasteiger partial charge in [0.2, 0.25) is 10.0 Å². The number of sulfonamides is 1. The molecule has 0 aliphatic rings. The summed E-state index contributed by atoms with van der Waals surface area (Å²) < 4.78 is 40.8. The van der Waals surface area contributed by atoms with Gasteiger partial charge in [0.05, 0.1) is 4.90 Å². The first-order valence-corrected chi connectivity index (χ1v) is 8.51. The SMILES string of the molecule is CNCc1cc(S(=O)(=O)NCC(C)(C)C(C)C)ccc1F. The van der Waals surface area contributed by atoms with E-state index in [1.54, 1.807) is 7.05 Å². The van der Waals surface area contributed by atoms with Gasteiger partial charge in [-0.25, -0.2) is 17.5 Å². The van der Waals surface area contributed by atoms with Crippen molar-refractivity contribution in [1.29, 1.82) is 0 Å². The van der Waals surface area contributed by atoms with Crippen LogP contribution in [0.25, 0.3) is 0 Å². The van der Waals surface area contributed by atoms with Crippen LogP contribution in [0.2, 0.25) is 0 Å². The molecule has 21 heavy (non-hydrogen) atoms. The molecule has 0 aliphatic carbocycles. The van der Waals surface area contributed by atoms with Crippen molar-refractivity contribution < 1.29 is 12.8 Å². The first-order valence-electron chi connectivity index (χ1n) is 7.03. The Bertz CT molecular complexity index is 583. The normalized spacial score (nSPS) is 12.9. The number of hydrogen-bond donors (Lipinski definition) is 2. The standard InChI is InChI=1S/C15H25FN2O2S/c1-11(2)15(3,4)10-18-21(19,20)13-6-7-14(16)12(8-13)9-17-5/h6-8,11,17-18H,9-10H2,1-5H3. The molecule has 1 aromatic carbocycles. The van der Waals surface area contributed by atoms with Gasteiger partial charge in [0.15, 0.2) is 0 Å². The maximum absolute atomic E-state index is 13.6. The number of nitrogens with one attached hydrogen (secondary N) is 2. The van der Waals surface area contributed by atoms with Crippen molar-refractivity contribution >= 4 is 10.0 Å². The lowest BCUT2D eigenvalue weighted by Crippen LogP contribution is -2.37. The van der Waals surface area contributed by atoms with E-state index in [2.05, 4.69) is 23.9 Å². The zero-order valence-corrected chi connectivity index (χ0v) is 14.1. The topological polar surface area (TPSA) is 58.2 Å². The number of benzene rings is 1. The smallest absolute Gasteiger partial charge is 0.240 e. The molecule has 0 spiro atoms. The van der Waals surface area contributed by atoms with Crippen LogP contribution in [0.5, 0.6) is 0 Å². The van der Waals surface area contributed by atoms with E-state index < -0.39 is 15.8 Å². The van der Waals surface area contributed by atoms with Crippen LogP contribution in [0.4, 0.5) is 4.39 Å². The van der Waals surface area contributed by atoms with E-state index in [9.17, 15) is 12.8 Å². The Morgan fingerprint density at radius 2 is 1.90 bits per heavy atom. The lowest BCUT2D eigenvalue weighted by Gasteiger charge is -2.29. The maximum atomic E-state index is 13.6. The van der Waals surface area contributed by atoms with Crippen molar-refractivity contribution in [2.24, 2.45) is 11.3 Å². The van der Waals surface area contributed by atoms with Crippen molar-refractivity contribution in [2.45, 2.75) is 39.1 Å². The van der Waals surface area contributed by atoms with E-state index in [0.29, 0.717) is 18.0 Å². The monoisotopic (exact) mass is 316 g/mol. The van der Waals surface area contributed by atoms with Gasteiger partial charge in [-0.15, -0.1) is 0 Å². The van der Waals surface area contributed by atoms with Gasteiger partial charge in [-0.2, -0.15) is 0 Å². The molecule has 0 heterocycles. The molecule has 0 saturated carbocycles. The van der Waals surface area contributed by atoms with E-state index in [1.807, 2.05) is 13.8 Å². The Hall–Kier alpha value is -0.980. The van der Waals surface area contributed by atoms with Crippen molar-refractivity contribution in [3.63, 3.8) is 0 Å². The third-order valence-corrected chi connectivity index (χ3v) is 5.37. The summed E-state index contributed by atoms with van der Waals surface area (Å²) in [6.07, 6.45) is 0. The molecule has 0 fully saturated rings. The van der Waals surface area contributed by atoms with Crippen LogP contribution in [0.15, 0.2) is 23.1 Å². The highest BCUT2D eigenvalue weighted by Gasteiger charge is 2.25. The van der Waals surface area contributed by atoms with Crippen LogP contribution in [0.3, 0.4) is 0 Å². The maximum Gasteiger partial charge on any atom is 0.240 e. The van der Waals surface area contributed by atoms with Gasteiger partial charge in [0, 0.05) is 18.7 Å². The summed E-state index contributed by atoms with van der Waals surface area (Å²) >= 11 is 0. The highest BCUT2D eigenvalue weighted by Crippen LogP contribution is 2.25. The molecule has 1 aromatic rings. The number of halogens is 1. The highest BCUT2D eigenvalue weighted by molar-refractivity contribution is 7.89. The van der Waals surface area contributed by atoms with Crippen molar-refractivity contribution in [2.75, 3.05) is 13.6 Å². The summed E-state index contributed by atoms with van der Waals surface area (Å²) in [5.74, 6) is -0.0703. The molecule has 0 bridgehead atoms. The molecule has 0 radical (unpaired) electrons. The van der Waals surface area contributed by atoms with Crippen LogP contribution in [0, 0.1) is 17.2 Å². The van der Waals surface area contributed by atoms with E-state index in [-0.39, 0.29) is 16.9 Å². The molecule has 120 valence electrons. The average Bonchev–Trinajstić information content (AvgIpc) is 2.39. The molecule has 0 unspecified atom stereocenters. The van der Waals surface area contributed by atoms with Gasteiger partial charge in [0.1, 0.15) is 5.82 Å². The van der Waals surface area contributed by atoms with Gasteiger partial charge in [-0.05, 0) is 36.6 Å². The van der Waals surface area contributed by atoms with E-state index in [1.165, 1.54) is 18.2 Å². The van der Waals surface area contributed by atoms with Gasteiger partial charge in [-0.3, -0.25) is 0 Å². The zero-order chi connectivity index (χ0) is 16.3. The molecule has 2 N–H and O–H groups in total. The van der Waals surface area contributed by atoms with Gasteiger partial charge < -0.3 is 5.32 Å². The summed E-state index contributed by atoms with van der Waals surface area (Å²) in [7, 11) is -1.94. The zero-order valence-electron chi connectivity index (χ0n) is 13.3. The minimum absolute atomic E-state index is 0.0914. The third kappa shape index (κ3) is 4.76. The number of rotatable bonds is 7. The van der Waals surface area contributed by atoms with Crippen LogP contribution < -0.4 is 10.0 Å². The fourth-order valence-electron chi connectivity index (χ4n) is 1.61. The van der Waals surface area contributed by atoms with Gasteiger partial charge >= 0.3 is 0 Å². The fourth-order valence-corrected chi connectivity index (χ4v) is 2.89. The lowest BCUT2D eigenvalue weighted by molar-refractivity contribution is 0.252. The molecule has 0 saturated heterocycles. The lowest BCUT2D eigenvalue weighted by atomic mass is 9.81. The first-order chi connectivity index (χ1) is 9.60. The van der Waals surface area contributed by atoms with Crippen LogP contribution >= 0.6 is 0 Å². The summed E-state index contributed by atoms with van der Waals surface area (Å²) in [5, 5.41) is 2.82. The molecule has 0 amide bonds. The number of hydrogen-bond acceptors (Lipinski definition) is 3. The van der Waals surface area contributed by atoms with Gasteiger partial charge in [0.25, 0.3) is 0 Å². The molecule has 0 atom stereocenters. The van der Waals surface area contributed by atoms with Crippen LogP contribution in [-0.2, 0) is 16.6 Å². The molecule has 4 nitrogen and oxygen atoms in total. The van der Waals surface area contributed by atoms with Crippen molar-refractivity contribution in [3.8, 4) is 0 Å². The summed E-state index contributed by atoms with van der Waals surface area (Å²) in [6, 6.07) is 3.85. The third-order valence-electron chi connectivity index (χ3n) is 3.98. The molecule has 0 aromatic heterocycles. The Morgan fingerprint density at radius 3 is 2.43 bits per heavy atom. The molecule has 1 rings (SSSR count). The fraction of sp³-hybridized carbons (Fsp3) is 0.600. The predicted octanol–water partition coefficient (Wildman–Crippen LogP) is 2.51. The minimum atomic E-state index is -3.63. The summed E-state index contributed by atoms with van der Waals surface area (Å²) in [5.41, 5.74) is 0.185. The van der Waals surface area contributed by atoms with Crippen LogP contribution in [-0.4, -0.2) is 22.0 Å². The van der Waals surface area contributed by atoms with E-state index in [4.69, 9.17) is 0 Å². The van der Waals surface area contributed by atoms with E-state index in [0.717, 1.165) is 0 Å². The second-order valence-corrected chi connectivity index (χ2v) is 8.02. The molecule has 6 heteroatoms. The molecular formula is C15H25FN2O2S.